The third-order valence-corrected chi connectivity index (χ3v) is 4.85. The number of rotatable bonds is 5. The van der Waals surface area contributed by atoms with E-state index in [1.165, 1.54) is 5.56 Å². The molecule has 0 aliphatic carbocycles. The number of pyridine rings is 1. The molecule has 0 atom stereocenters. The number of carbonyl (C=O) groups excluding carboxylic acids is 1. The van der Waals surface area contributed by atoms with Gasteiger partial charge in [0.05, 0.1) is 24.1 Å². The Balaban J connectivity index is 0.00000256. The second-order valence-corrected chi connectivity index (χ2v) is 7.62. The van der Waals surface area contributed by atoms with Crippen LogP contribution in [-0.2, 0) is 16.8 Å². The Hall–Kier alpha value is -3.32. The summed E-state index contributed by atoms with van der Waals surface area (Å²) in [5.41, 5.74) is 2.26. The monoisotopic (exact) mass is 391 g/mol. The number of aliphatic hydroxyl groups is 1. The minimum atomic E-state index is -1.00. The fourth-order valence-corrected chi connectivity index (χ4v) is 3.25. The predicted octanol–water partition coefficient (Wildman–Crippen LogP) is 3.01. The van der Waals surface area contributed by atoms with Gasteiger partial charge in [0.25, 0.3) is 0 Å². The number of benzene rings is 1. The van der Waals surface area contributed by atoms with E-state index >= 15 is 0 Å². The number of fused-ring (bicyclic) bond motifs is 1. The lowest BCUT2D eigenvalue weighted by atomic mass is 10.0. The van der Waals surface area contributed by atoms with E-state index in [1.807, 2.05) is 29.2 Å². The second-order valence-electron chi connectivity index (χ2n) is 7.62. The summed E-state index contributed by atoms with van der Waals surface area (Å²) in [5.74, 6) is 1.03. The molecule has 7 heteroatoms. The fraction of sp³-hybridized carbons (Fsp3) is 0.273. The maximum Gasteiger partial charge on any atom is 0.245 e. The second kappa shape index (κ2) is 7.60. The predicted molar refractivity (Wildman–Crippen MR) is 114 cm³/mol. The van der Waals surface area contributed by atoms with Crippen LogP contribution in [0, 0.1) is 0 Å². The number of carbonyl (C=O) groups is 1. The summed E-state index contributed by atoms with van der Waals surface area (Å²) in [7, 11) is 0. The standard InChI is InChI=1S/C22H23N5O2.H2/c1-22(2,29)18-9-8-16(12-23-18)17-13-24-20-21(25-17)27(14-19(28)26-20)11-10-15-6-4-3-5-7-15;/h3-9,12-13,29H,10-11,14H2,1-2H3,(H,24,26,28);1H. The Morgan fingerprint density at radius 3 is 2.62 bits per heavy atom. The van der Waals surface area contributed by atoms with E-state index in [4.69, 9.17) is 4.98 Å². The highest BCUT2D eigenvalue weighted by atomic mass is 16.3. The molecule has 1 aliphatic rings. The summed E-state index contributed by atoms with van der Waals surface area (Å²) in [6.07, 6.45) is 4.11. The molecular weight excluding hydrogens is 366 g/mol. The van der Waals surface area contributed by atoms with Gasteiger partial charge in [-0.2, -0.15) is 0 Å². The van der Waals surface area contributed by atoms with Gasteiger partial charge in [-0.15, -0.1) is 0 Å². The Labute approximate surface area is 171 Å². The van der Waals surface area contributed by atoms with Crippen LogP contribution >= 0.6 is 0 Å². The van der Waals surface area contributed by atoms with E-state index < -0.39 is 5.60 Å². The molecule has 0 fully saturated rings. The molecule has 1 aliphatic heterocycles. The summed E-state index contributed by atoms with van der Waals surface area (Å²) in [5, 5.41) is 12.9. The van der Waals surface area contributed by atoms with E-state index in [1.54, 1.807) is 32.3 Å². The third-order valence-electron chi connectivity index (χ3n) is 4.85. The summed E-state index contributed by atoms with van der Waals surface area (Å²) in [6, 6.07) is 13.8. The Morgan fingerprint density at radius 2 is 1.93 bits per heavy atom. The Morgan fingerprint density at radius 1 is 1.14 bits per heavy atom. The Kier molecular flexibility index (Phi) is 4.98. The minimum Gasteiger partial charge on any atom is -0.384 e. The van der Waals surface area contributed by atoms with Crippen molar-refractivity contribution in [2.24, 2.45) is 0 Å². The molecule has 1 aromatic carbocycles. The van der Waals surface area contributed by atoms with Crippen molar-refractivity contribution >= 4 is 17.5 Å². The van der Waals surface area contributed by atoms with Gasteiger partial charge in [-0.05, 0) is 38.0 Å². The summed E-state index contributed by atoms with van der Waals surface area (Å²) >= 11 is 0. The van der Waals surface area contributed by atoms with Crippen LogP contribution in [0.3, 0.4) is 0 Å². The molecule has 0 saturated heterocycles. The summed E-state index contributed by atoms with van der Waals surface area (Å²) in [4.78, 5) is 27.5. The van der Waals surface area contributed by atoms with Crippen molar-refractivity contribution in [1.82, 2.24) is 15.0 Å². The zero-order valence-electron chi connectivity index (χ0n) is 16.5. The molecule has 3 heterocycles. The van der Waals surface area contributed by atoms with Crippen LogP contribution in [0.5, 0.6) is 0 Å². The minimum absolute atomic E-state index is 0. The summed E-state index contributed by atoms with van der Waals surface area (Å²) in [6.45, 7) is 4.30. The van der Waals surface area contributed by atoms with Crippen molar-refractivity contribution in [2.75, 3.05) is 23.3 Å². The first-order valence-electron chi connectivity index (χ1n) is 9.55. The quantitative estimate of drug-likeness (QED) is 0.695. The maximum absolute atomic E-state index is 12.1. The number of amides is 1. The molecule has 4 rings (SSSR count). The van der Waals surface area contributed by atoms with Crippen LogP contribution in [0.25, 0.3) is 11.3 Å². The van der Waals surface area contributed by atoms with Crippen molar-refractivity contribution in [3.63, 3.8) is 0 Å². The van der Waals surface area contributed by atoms with Gasteiger partial charge in [0, 0.05) is 19.7 Å². The summed E-state index contributed by atoms with van der Waals surface area (Å²) < 4.78 is 0. The van der Waals surface area contributed by atoms with Crippen LogP contribution in [0.1, 0.15) is 26.5 Å². The molecule has 0 spiro atoms. The van der Waals surface area contributed by atoms with E-state index in [-0.39, 0.29) is 13.9 Å². The number of nitrogens with one attached hydrogen (secondary N) is 1. The number of nitrogens with zero attached hydrogens (tertiary/aromatic N) is 4. The van der Waals surface area contributed by atoms with E-state index in [0.29, 0.717) is 29.6 Å². The highest BCUT2D eigenvalue weighted by molar-refractivity contribution is 5.99. The van der Waals surface area contributed by atoms with E-state index in [2.05, 4.69) is 27.4 Å². The molecule has 2 aromatic heterocycles. The first-order valence-corrected chi connectivity index (χ1v) is 9.55. The number of hydrogen-bond acceptors (Lipinski definition) is 6. The highest BCUT2D eigenvalue weighted by Gasteiger charge is 2.25. The van der Waals surface area contributed by atoms with Crippen LogP contribution in [0.4, 0.5) is 11.6 Å². The molecule has 29 heavy (non-hydrogen) atoms. The maximum atomic E-state index is 12.1. The molecule has 1 amide bonds. The van der Waals surface area contributed by atoms with Crippen molar-refractivity contribution in [3.05, 3.63) is 66.1 Å². The van der Waals surface area contributed by atoms with E-state index in [9.17, 15) is 9.90 Å². The Bertz CT molecular complexity index is 1020. The van der Waals surface area contributed by atoms with Crippen LogP contribution < -0.4 is 10.2 Å². The van der Waals surface area contributed by atoms with Crippen LogP contribution in [0.15, 0.2) is 54.9 Å². The average molecular weight is 391 g/mol. The lowest BCUT2D eigenvalue weighted by molar-refractivity contribution is -0.115. The zero-order chi connectivity index (χ0) is 20.4. The molecule has 2 N–H and O–H groups in total. The van der Waals surface area contributed by atoms with Gasteiger partial charge in [0.15, 0.2) is 11.6 Å². The van der Waals surface area contributed by atoms with Crippen molar-refractivity contribution in [3.8, 4) is 11.3 Å². The van der Waals surface area contributed by atoms with Gasteiger partial charge in [0.2, 0.25) is 5.91 Å². The highest BCUT2D eigenvalue weighted by Crippen LogP contribution is 2.29. The smallest absolute Gasteiger partial charge is 0.245 e. The first-order chi connectivity index (χ1) is 13.9. The molecule has 3 aromatic rings. The van der Waals surface area contributed by atoms with Crippen LogP contribution in [-0.4, -0.2) is 39.1 Å². The lowest BCUT2D eigenvalue weighted by Gasteiger charge is -2.29. The normalized spacial score (nSPS) is 13.8. The van der Waals surface area contributed by atoms with Gasteiger partial charge in [0.1, 0.15) is 5.60 Å². The van der Waals surface area contributed by atoms with Gasteiger partial charge in [-0.3, -0.25) is 9.78 Å². The molecule has 0 unspecified atom stereocenters. The van der Waals surface area contributed by atoms with Gasteiger partial charge >= 0.3 is 0 Å². The van der Waals surface area contributed by atoms with Crippen molar-refractivity contribution in [1.29, 1.82) is 0 Å². The van der Waals surface area contributed by atoms with Crippen LogP contribution in [0.2, 0.25) is 0 Å². The van der Waals surface area contributed by atoms with E-state index in [0.717, 1.165) is 12.0 Å². The number of anilines is 2. The lowest BCUT2D eigenvalue weighted by Crippen LogP contribution is -2.40. The largest absolute Gasteiger partial charge is 0.384 e. The molecule has 150 valence electrons. The zero-order valence-corrected chi connectivity index (χ0v) is 16.5. The van der Waals surface area contributed by atoms with Crippen molar-refractivity contribution in [2.45, 2.75) is 25.9 Å². The third kappa shape index (κ3) is 4.25. The number of hydrogen-bond donors (Lipinski definition) is 2. The van der Waals surface area contributed by atoms with Crippen molar-refractivity contribution < 1.29 is 11.3 Å². The van der Waals surface area contributed by atoms with Gasteiger partial charge in [-0.1, -0.05) is 30.3 Å². The first kappa shape index (κ1) is 19.0. The van der Waals surface area contributed by atoms with Gasteiger partial charge < -0.3 is 15.3 Å². The molecule has 0 saturated carbocycles. The fourth-order valence-electron chi connectivity index (χ4n) is 3.25. The SMILES string of the molecule is CC(C)(O)c1ccc(-c2cnc3c(n2)N(CCc2ccccc2)CC(=O)N3)cn1.[HH]. The number of aromatic nitrogens is 3. The van der Waals surface area contributed by atoms with Gasteiger partial charge in [-0.25, -0.2) is 9.97 Å². The molecule has 0 bridgehead atoms. The molecule has 7 nitrogen and oxygen atoms in total. The topological polar surface area (TPSA) is 91.2 Å². The average Bonchev–Trinajstić information content (AvgIpc) is 2.72. The molecule has 0 radical (unpaired) electrons. The molecular formula is C22H25N5O2.